The summed E-state index contributed by atoms with van der Waals surface area (Å²) >= 11 is 0. The smallest absolute Gasteiger partial charge is 0.261 e. The Morgan fingerprint density at radius 1 is 1.10 bits per heavy atom. The number of rotatable bonds is 3. The molecular weight excluding hydrogens is 384 g/mol. The standard InChI is InChI=1S/C20H16N8O2/c1-11-13-7-12(8-21-17(13)27(2)26-11)19(29)25-15-5-3-4-6-16(15)28-18-14(9-24-28)20(30)23-10-22-18/h3-10H,1-2H3,(H,25,29)(H,22,23,30). The van der Waals surface area contributed by atoms with Gasteiger partial charge in [0.2, 0.25) is 0 Å². The average Bonchev–Trinajstić information content (AvgIpc) is 3.30. The number of fused-ring (bicyclic) bond motifs is 2. The molecule has 148 valence electrons. The van der Waals surface area contributed by atoms with E-state index < -0.39 is 0 Å². The monoisotopic (exact) mass is 400 g/mol. The zero-order valence-electron chi connectivity index (χ0n) is 16.1. The Kier molecular flexibility index (Phi) is 3.91. The minimum absolute atomic E-state index is 0.279. The number of aryl methyl sites for hydroxylation is 2. The Morgan fingerprint density at radius 3 is 2.80 bits per heavy atom. The van der Waals surface area contributed by atoms with Crippen LogP contribution in [0.3, 0.4) is 0 Å². The van der Waals surface area contributed by atoms with Crippen LogP contribution in [0.15, 0.2) is 53.8 Å². The number of carbonyl (C=O) groups excluding carboxylic acids is 1. The van der Waals surface area contributed by atoms with Crippen molar-refractivity contribution in [1.82, 2.24) is 34.5 Å². The largest absolute Gasteiger partial charge is 0.320 e. The molecule has 1 amide bonds. The Balaban J connectivity index is 1.55. The van der Waals surface area contributed by atoms with E-state index in [1.54, 1.807) is 28.9 Å². The summed E-state index contributed by atoms with van der Waals surface area (Å²) in [6, 6.07) is 8.94. The van der Waals surface area contributed by atoms with Gasteiger partial charge in [0.25, 0.3) is 11.5 Å². The third-order valence-electron chi connectivity index (χ3n) is 4.88. The molecule has 0 aliphatic rings. The van der Waals surface area contributed by atoms with Crippen LogP contribution in [-0.4, -0.2) is 40.4 Å². The molecule has 0 fully saturated rings. The van der Waals surface area contributed by atoms with Crippen LogP contribution in [0, 0.1) is 6.92 Å². The van der Waals surface area contributed by atoms with Crippen molar-refractivity contribution in [3.8, 4) is 5.69 Å². The van der Waals surface area contributed by atoms with Gasteiger partial charge in [-0.3, -0.25) is 14.3 Å². The zero-order valence-corrected chi connectivity index (χ0v) is 16.1. The molecule has 30 heavy (non-hydrogen) atoms. The summed E-state index contributed by atoms with van der Waals surface area (Å²) < 4.78 is 3.20. The van der Waals surface area contributed by atoms with Gasteiger partial charge in [0.05, 0.1) is 35.2 Å². The van der Waals surface area contributed by atoms with E-state index in [9.17, 15) is 9.59 Å². The maximum atomic E-state index is 12.9. The van der Waals surface area contributed by atoms with Crippen LogP contribution in [0.1, 0.15) is 16.1 Å². The van der Waals surface area contributed by atoms with E-state index in [2.05, 4.69) is 30.5 Å². The van der Waals surface area contributed by atoms with Crippen molar-refractivity contribution in [2.24, 2.45) is 7.05 Å². The molecule has 10 heteroatoms. The predicted molar refractivity (Wildman–Crippen MR) is 111 cm³/mol. The van der Waals surface area contributed by atoms with Crippen LogP contribution in [0.4, 0.5) is 5.69 Å². The van der Waals surface area contributed by atoms with Crippen molar-refractivity contribution < 1.29 is 4.79 Å². The lowest BCUT2D eigenvalue weighted by molar-refractivity contribution is 0.102. The molecule has 10 nitrogen and oxygen atoms in total. The molecule has 1 aromatic carbocycles. The molecule has 0 saturated carbocycles. The van der Waals surface area contributed by atoms with Crippen LogP contribution in [0.25, 0.3) is 27.8 Å². The maximum absolute atomic E-state index is 12.9. The van der Waals surface area contributed by atoms with E-state index in [1.165, 1.54) is 23.4 Å². The SMILES string of the molecule is Cc1nn(C)c2ncc(C(=O)Nc3ccccc3-n3ncc4c(=O)[nH]cnc43)cc12. The summed E-state index contributed by atoms with van der Waals surface area (Å²) in [5.41, 5.74) is 3.16. The molecule has 0 aliphatic heterocycles. The molecule has 0 aliphatic carbocycles. The number of pyridine rings is 1. The third kappa shape index (κ3) is 2.73. The summed E-state index contributed by atoms with van der Waals surface area (Å²) in [6.07, 6.45) is 4.29. The van der Waals surface area contributed by atoms with Gasteiger partial charge < -0.3 is 10.3 Å². The van der Waals surface area contributed by atoms with Crippen LogP contribution < -0.4 is 10.9 Å². The fourth-order valence-corrected chi connectivity index (χ4v) is 3.42. The lowest BCUT2D eigenvalue weighted by atomic mass is 10.2. The lowest BCUT2D eigenvalue weighted by Gasteiger charge is -2.11. The Morgan fingerprint density at radius 2 is 1.93 bits per heavy atom. The molecule has 5 rings (SSSR count). The van der Waals surface area contributed by atoms with E-state index in [1.807, 2.05) is 20.0 Å². The quantitative estimate of drug-likeness (QED) is 0.477. The van der Waals surface area contributed by atoms with E-state index >= 15 is 0 Å². The second-order valence-corrected chi connectivity index (χ2v) is 6.80. The van der Waals surface area contributed by atoms with Crippen molar-refractivity contribution in [3.63, 3.8) is 0 Å². The van der Waals surface area contributed by atoms with Crippen LogP contribution in [-0.2, 0) is 7.05 Å². The number of aromatic amines is 1. The number of carbonyl (C=O) groups is 1. The summed E-state index contributed by atoms with van der Waals surface area (Å²) in [6.45, 7) is 1.87. The van der Waals surface area contributed by atoms with E-state index in [0.29, 0.717) is 33.6 Å². The number of amides is 1. The zero-order chi connectivity index (χ0) is 20.8. The molecule has 2 N–H and O–H groups in total. The van der Waals surface area contributed by atoms with Gasteiger partial charge in [-0.2, -0.15) is 10.2 Å². The fraction of sp³-hybridized carbons (Fsp3) is 0.100. The minimum Gasteiger partial charge on any atom is -0.320 e. The molecular formula is C20H16N8O2. The highest BCUT2D eigenvalue weighted by Crippen LogP contribution is 2.23. The molecule has 0 atom stereocenters. The van der Waals surface area contributed by atoms with Gasteiger partial charge in [-0.1, -0.05) is 12.1 Å². The van der Waals surface area contributed by atoms with Gasteiger partial charge in [0, 0.05) is 18.6 Å². The van der Waals surface area contributed by atoms with Gasteiger partial charge in [-0.15, -0.1) is 0 Å². The molecule has 4 aromatic heterocycles. The second kappa shape index (κ2) is 6.62. The first-order valence-electron chi connectivity index (χ1n) is 9.14. The molecule has 0 spiro atoms. The first-order valence-corrected chi connectivity index (χ1v) is 9.14. The van der Waals surface area contributed by atoms with Crippen LogP contribution in [0.2, 0.25) is 0 Å². The summed E-state index contributed by atoms with van der Waals surface area (Å²) in [5, 5.41) is 12.7. The summed E-state index contributed by atoms with van der Waals surface area (Å²) in [5.74, 6) is -0.317. The van der Waals surface area contributed by atoms with Crippen LogP contribution >= 0.6 is 0 Å². The number of hydrogen-bond donors (Lipinski definition) is 2. The van der Waals surface area contributed by atoms with E-state index in [4.69, 9.17) is 0 Å². The first-order chi connectivity index (χ1) is 14.5. The average molecular weight is 400 g/mol. The van der Waals surface area contributed by atoms with E-state index in [-0.39, 0.29) is 11.5 Å². The Bertz CT molecular complexity index is 1490. The van der Waals surface area contributed by atoms with Gasteiger partial charge in [-0.05, 0) is 25.1 Å². The number of hydrogen-bond acceptors (Lipinski definition) is 6. The van der Waals surface area contributed by atoms with Crippen molar-refractivity contribution in [2.75, 3.05) is 5.32 Å². The number of para-hydroxylation sites is 2. The summed E-state index contributed by atoms with van der Waals surface area (Å²) in [4.78, 5) is 36.0. The van der Waals surface area contributed by atoms with Gasteiger partial charge >= 0.3 is 0 Å². The normalized spacial score (nSPS) is 11.3. The topological polar surface area (TPSA) is 123 Å². The number of aromatic nitrogens is 7. The molecule has 4 heterocycles. The maximum Gasteiger partial charge on any atom is 0.261 e. The molecule has 5 aromatic rings. The number of benzene rings is 1. The van der Waals surface area contributed by atoms with Crippen molar-refractivity contribution in [1.29, 1.82) is 0 Å². The second-order valence-electron chi connectivity index (χ2n) is 6.80. The van der Waals surface area contributed by atoms with Crippen molar-refractivity contribution >= 4 is 33.7 Å². The number of nitrogens with zero attached hydrogens (tertiary/aromatic N) is 6. The van der Waals surface area contributed by atoms with E-state index in [0.717, 1.165) is 11.1 Å². The lowest BCUT2D eigenvalue weighted by Crippen LogP contribution is -2.15. The highest BCUT2D eigenvalue weighted by atomic mass is 16.1. The predicted octanol–water partition coefficient (Wildman–Crippen LogP) is 1.95. The highest BCUT2D eigenvalue weighted by Gasteiger charge is 2.16. The Labute approximate surface area is 169 Å². The molecule has 0 saturated heterocycles. The number of H-pyrrole nitrogens is 1. The fourth-order valence-electron chi connectivity index (χ4n) is 3.42. The van der Waals surface area contributed by atoms with Crippen LogP contribution in [0.5, 0.6) is 0 Å². The van der Waals surface area contributed by atoms with Crippen molar-refractivity contribution in [2.45, 2.75) is 6.92 Å². The Hall–Kier alpha value is -4.34. The van der Waals surface area contributed by atoms with Gasteiger partial charge in [0.15, 0.2) is 11.3 Å². The molecule has 0 radical (unpaired) electrons. The minimum atomic E-state index is -0.317. The number of nitrogens with one attached hydrogen (secondary N) is 2. The van der Waals surface area contributed by atoms with Gasteiger partial charge in [0.1, 0.15) is 5.39 Å². The number of anilines is 1. The molecule has 0 unspecified atom stereocenters. The third-order valence-corrected chi connectivity index (χ3v) is 4.88. The summed E-state index contributed by atoms with van der Waals surface area (Å²) in [7, 11) is 1.81. The first kappa shape index (κ1) is 17.7. The molecule has 0 bridgehead atoms. The van der Waals surface area contributed by atoms with Gasteiger partial charge in [-0.25, -0.2) is 14.6 Å². The van der Waals surface area contributed by atoms with Crippen molar-refractivity contribution in [3.05, 3.63) is 70.7 Å². The highest BCUT2D eigenvalue weighted by molar-refractivity contribution is 6.06.